The third kappa shape index (κ3) is 3.08. The number of methoxy groups -OCH3 is 1. The third-order valence-electron chi connectivity index (χ3n) is 2.22. The van der Waals surface area contributed by atoms with E-state index in [-0.39, 0.29) is 18.4 Å². The molecule has 0 fully saturated rings. The second-order valence-corrected chi connectivity index (χ2v) is 3.40. The standard InChI is InChI=1S/C12H15NO3/c1-9(15)13-11(7-8-14)10-5-3-4-6-12(10)16-2/h3-6,8,11H,7H2,1-2H3,(H,13,15). The Morgan fingerprint density at radius 1 is 1.50 bits per heavy atom. The van der Waals surface area contributed by atoms with Gasteiger partial charge >= 0.3 is 0 Å². The van der Waals surface area contributed by atoms with Gasteiger partial charge < -0.3 is 14.8 Å². The summed E-state index contributed by atoms with van der Waals surface area (Å²) in [6.45, 7) is 1.42. The maximum Gasteiger partial charge on any atom is 0.217 e. The molecule has 0 saturated carbocycles. The minimum atomic E-state index is -0.328. The molecule has 1 atom stereocenters. The molecule has 0 spiro atoms. The van der Waals surface area contributed by atoms with Gasteiger partial charge in [-0.1, -0.05) is 18.2 Å². The Hall–Kier alpha value is -1.84. The molecule has 4 heteroatoms. The molecule has 1 amide bonds. The number of hydrogen-bond acceptors (Lipinski definition) is 3. The highest BCUT2D eigenvalue weighted by Crippen LogP contribution is 2.26. The molecular formula is C12H15NO3. The van der Waals surface area contributed by atoms with Crippen LogP contribution < -0.4 is 10.1 Å². The SMILES string of the molecule is COc1ccccc1C(CC=O)NC(C)=O. The van der Waals surface area contributed by atoms with Gasteiger partial charge in [0.25, 0.3) is 0 Å². The van der Waals surface area contributed by atoms with Crippen molar-refractivity contribution in [2.75, 3.05) is 7.11 Å². The van der Waals surface area contributed by atoms with Crippen LogP contribution in [0.15, 0.2) is 24.3 Å². The average molecular weight is 221 g/mol. The number of amides is 1. The zero-order valence-corrected chi connectivity index (χ0v) is 9.40. The van der Waals surface area contributed by atoms with Crippen molar-refractivity contribution >= 4 is 12.2 Å². The molecule has 1 rings (SSSR count). The summed E-state index contributed by atoms with van der Waals surface area (Å²) in [6, 6.07) is 7.00. The first kappa shape index (κ1) is 12.2. The van der Waals surface area contributed by atoms with E-state index in [1.165, 1.54) is 6.92 Å². The quantitative estimate of drug-likeness (QED) is 0.766. The molecule has 16 heavy (non-hydrogen) atoms. The van der Waals surface area contributed by atoms with Crippen LogP contribution in [0.4, 0.5) is 0 Å². The lowest BCUT2D eigenvalue weighted by molar-refractivity contribution is -0.119. The molecule has 1 aromatic rings. The van der Waals surface area contributed by atoms with Crippen molar-refractivity contribution in [2.24, 2.45) is 0 Å². The van der Waals surface area contributed by atoms with Crippen LogP contribution in [0.1, 0.15) is 24.9 Å². The summed E-state index contributed by atoms with van der Waals surface area (Å²) >= 11 is 0. The smallest absolute Gasteiger partial charge is 0.217 e. The van der Waals surface area contributed by atoms with Crippen molar-refractivity contribution in [3.05, 3.63) is 29.8 Å². The Kier molecular flexibility index (Phi) is 4.51. The van der Waals surface area contributed by atoms with Crippen molar-refractivity contribution in [3.8, 4) is 5.75 Å². The molecule has 0 aromatic heterocycles. The van der Waals surface area contributed by atoms with Crippen molar-refractivity contribution < 1.29 is 14.3 Å². The van der Waals surface area contributed by atoms with Gasteiger partial charge in [-0.25, -0.2) is 0 Å². The first-order chi connectivity index (χ1) is 7.69. The number of aldehydes is 1. The Balaban J connectivity index is 2.99. The second-order valence-electron chi connectivity index (χ2n) is 3.40. The van der Waals surface area contributed by atoms with E-state index in [1.807, 2.05) is 18.2 Å². The van der Waals surface area contributed by atoms with Gasteiger partial charge in [0.1, 0.15) is 12.0 Å². The highest BCUT2D eigenvalue weighted by atomic mass is 16.5. The van der Waals surface area contributed by atoms with E-state index in [2.05, 4.69) is 5.32 Å². The lowest BCUT2D eigenvalue weighted by Crippen LogP contribution is -2.26. The van der Waals surface area contributed by atoms with Crippen LogP contribution in [0.5, 0.6) is 5.75 Å². The molecule has 0 aliphatic rings. The Bertz CT molecular complexity index is 376. The molecule has 0 radical (unpaired) electrons. The number of ether oxygens (including phenoxy) is 1. The predicted octanol–water partition coefficient (Wildman–Crippen LogP) is 1.46. The van der Waals surface area contributed by atoms with Crippen molar-refractivity contribution in [1.82, 2.24) is 5.32 Å². The summed E-state index contributed by atoms with van der Waals surface area (Å²) in [7, 11) is 1.56. The van der Waals surface area contributed by atoms with E-state index in [0.29, 0.717) is 5.75 Å². The fraction of sp³-hybridized carbons (Fsp3) is 0.333. The summed E-state index contributed by atoms with van der Waals surface area (Å²) in [5.74, 6) is 0.501. The highest BCUT2D eigenvalue weighted by molar-refractivity contribution is 5.74. The van der Waals surface area contributed by atoms with Gasteiger partial charge in [0.15, 0.2) is 0 Å². The number of hydrogen-bond donors (Lipinski definition) is 1. The number of carbonyl (C=O) groups is 2. The van der Waals surface area contributed by atoms with E-state index in [9.17, 15) is 9.59 Å². The lowest BCUT2D eigenvalue weighted by atomic mass is 10.0. The average Bonchev–Trinajstić information content (AvgIpc) is 2.28. The first-order valence-corrected chi connectivity index (χ1v) is 5.02. The van der Waals surface area contributed by atoms with Gasteiger partial charge in [0.05, 0.1) is 13.2 Å². The molecule has 1 aromatic carbocycles. The topological polar surface area (TPSA) is 55.4 Å². The van der Waals surface area contributed by atoms with E-state index in [1.54, 1.807) is 13.2 Å². The van der Waals surface area contributed by atoms with Crippen LogP contribution in [0.3, 0.4) is 0 Å². The fourth-order valence-electron chi connectivity index (χ4n) is 1.56. The summed E-state index contributed by atoms with van der Waals surface area (Å²) in [5, 5.41) is 2.72. The lowest BCUT2D eigenvalue weighted by Gasteiger charge is -2.18. The van der Waals surface area contributed by atoms with Crippen molar-refractivity contribution in [2.45, 2.75) is 19.4 Å². The van der Waals surface area contributed by atoms with Crippen molar-refractivity contribution in [3.63, 3.8) is 0 Å². The largest absolute Gasteiger partial charge is 0.496 e. The maximum atomic E-state index is 11.0. The normalized spacial score (nSPS) is 11.6. The molecule has 86 valence electrons. The summed E-state index contributed by atoms with van der Waals surface area (Å²) < 4.78 is 5.19. The second kappa shape index (κ2) is 5.90. The molecule has 4 nitrogen and oxygen atoms in total. The highest BCUT2D eigenvalue weighted by Gasteiger charge is 2.15. The number of benzene rings is 1. The van der Waals surface area contributed by atoms with E-state index in [0.717, 1.165) is 11.8 Å². The van der Waals surface area contributed by atoms with Gasteiger partial charge in [-0.3, -0.25) is 4.79 Å². The predicted molar refractivity (Wildman–Crippen MR) is 60.2 cm³/mol. The maximum absolute atomic E-state index is 11.0. The molecule has 0 bridgehead atoms. The van der Waals surface area contributed by atoms with E-state index >= 15 is 0 Å². The summed E-state index contributed by atoms with van der Waals surface area (Å²) in [4.78, 5) is 21.6. The van der Waals surface area contributed by atoms with Crippen LogP contribution in [0, 0.1) is 0 Å². The molecule has 0 saturated heterocycles. The number of carbonyl (C=O) groups excluding carboxylic acids is 2. The van der Waals surface area contributed by atoms with E-state index in [4.69, 9.17) is 4.74 Å². The molecule has 0 aliphatic carbocycles. The molecular weight excluding hydrogens is 206 g/mol. The van der Waals surface area contributed by atoms with Gasteiger partial charge in [-0.2, -0.15) is 0 Å². The van der Waals surface area contributed by atoms with Crippen LogP contribution >= 0.6 is 0 Å². The minimum absolute atomic E-state index is 0.169. The number of rotatable bonds is 5. The Morgan fingerprint density at radius 2 is 2.19 bits per heavy atom. The number of para-hydroxylation sites is 1. The monoisotopic (exact) mass is 221 g/mol. The first-order valence-electron chi connectivity index (χ1n) is 5.02. The fourth-order valence-corrected chi connectivity index (χ4v) is 1.56. The Morgan fingerprint density at radius 3 is 2.75 bits per heavy atom. The molecule has 0 heterocycles. The number of nitrogens with one attached hydrogen (secondary N) is 1. The minimum Gasteiger partial charge on any atom is -0.496 e. The zero-order valence-electron chi connectivity index (χ0n) is 9.40. The molecule has 0 aliphatic heterocycles. The van der Waals surface area contributed by atoms with Crippen LogP contribution in [0.2, 0.25) is 0 Å². The van der Waals surface area contributed by atoms with Gasteiger partial charge in [-0.05, 0) is 6.07 Å². The third-order valence-corrected chi connectivity index (χ3v) is 2.22. The molecule has 1 N–H and O–H groups in total. The van der Waals surface area contributed by atoms with Crippen LogP contribution in [-0.2, 0) is 9.59 Å². The van der Waals surface area contributed by atoms with Crippen LogP contribution in [-0.4, -0.2) is 19.3 Å². The summed E-state index contributed by atoms with van der Waals surface area (Å²) in [6.07, 6.45) is 1.02. The summed E-state index contributed by atoms with van der Waals surface area (Å²) in [5.41, 5.74) is 0.812. The van der Waals surface area contributed by atoms with Crippen molar-refractivity contribution in [1.29, 1.82) is 0 Å². The van der Waals surface area contributed by atoms with Gasteiger partial charge in [0, 0.05) is 18.9 Å². The van der Waals surface area contributed by atoms with Crippen LogP contribution in [0.25, 0.3) is 0 Å². The zero-order chi connectivity index (χ0) is 12.0. The Labute approximate surface area is 94.6 Å². The van der Waals surface area contributed by atoms with Gasteiger partial charge in [0.2, 0.25) is 5.91 Å². The molecule has 1 unspecified atom stereocenters. The van der Waals surface area contributed by atoms with E-state index < -0.39 is 0 Å². The van der Waals surface area contributed by atoms with Gasteiger partial charge in [-0.15, -0.1) is 0 Å².